The van der Waals surface area contributed by atoms with Crippen LogP contribution in [0.4, 0.5) is 0 Å². The molecule has 0 N–H and O–H groups in total. The molecule has 0 saturated carbocycles. The topological polar surface area (TPSA) is 40.4 Å². The van der Waals surface area contributed by atoms with E-state index in [1.54, 1.807) is 13.8 Å². The van der Waals surface area contributed by atoms with Gasteiger partial charge in [0, 0.05) is 0 Å². The van der Waals surface area contributed by atoms with E-state index in [0.717, 1.165) is 0 Å². The van der Waals surface area contributed by atoms with Crippen molar-refractivity contribution < 1.29 is 9.63 Å². The Morgan fingerprint density at radius 3 is 2.43 bits per heavy atom. The van der Waals surface area contributed by atoms with Crippen LogP contribution in [0, 0.1) is 0 Å². The molecule has 0 fully saturated rings. The average molecular weight is 101 g/mol. The molecule has 40 valence electrons. The Hall–Kier alpha value is -0.570. The van der Waals surface area contributed by atoms with Crippen LogP contribution < -0.4 is 5.48 Å². The van der Waals surface area contributed by atoms with Crippen LogP contribution in [-0.2, 0) is 9.63 Å². The predicted molar refractivity (Wildman–Crippen MR) is 24.0 cm³/mol. The van der Waals surface area contributed by atoms with E-state index >= 15 is 0 Å². The third-order valence-corrected chi connectivity index (χ3v) is 0.301. The van der Waals surface area contributed by atoms with Crippen molar-refractivity contribution in [3.05, 3.63) is 0 Å². The molecule has 0 rings (SSSR count). The van der Waals surface area contributed by atoms with E-state index in [0.29, 0.717) is 0 Å². The minimum absolute atomic E-state index is 0.0430. The Bertz CT molecular complexity index is 53.7. The van der Waals surface area contributed by atoms with E-state index in [1.165, 1.54) is 6.47 Å². The fourth-order valence-electron chi connectivity index (χ4n) is 0.127. The maximum atomic E-state index is 9.27. The lowest BCUT2D eigenvalue weighted by Crippen LogP contribution is -2.13. The highest BCUT2D eigenvalue weighted by Gasteiger charge is 1.90. The zero-order chi connectivity index (χ0) is 5.70. The number of rotatable bonds is 3. The second-order valence-electron chi connectivity index (χ2n) is 1.37. The minimum atomic E-state index is 0.0430. The number of hydrogen-bond acceptors (Lipinski definition) is 2. The second-order valence-corrected chi connectivity index (χ2v) is 1.37. The van der Waals surface area contributed by atoms with E-state index in [9.17, 15) is 4.79 Å². The summed E-state index contributed by atoms with van der Waals surface area (Å²) < 4.78 is 0. The highest BCUT2D eigenvalue weighted by Crippen LogP contribution is 1.75. The van der Waals surface area contributed by atoms with Crippen LogP contribution >= 0.6 is 0 Å². The molecular formula is C4H7NO2. The molecule has 0 aliphatic carbocycles. The maximum absolute atomic E-state index is 9.27. The molecule has 3 nitrogen and oxygen atoms in total. The van der Waals surface area contributed by atoms with Crippen molar-refractivity contribution in [2.45, 2.75) is 19.9 Å². The van der Waals surface area contributed by atoms with Crippen molar-refractivity contribution >= 4 is 6.47 Å². The molecule has 0 unspecified atom stereocenters. The number of carbonyl (C=O) groups excluding carboxylic acids is 1. The lowest BCUT2D eigenvalue weighted by Gasteiger charge is -1.95. The van der Waals surface area contributed by atoms with Gasteiger partial charge < -0.3 is 4.84 Å². The first-order chi connectivity index (χ1) is 3.27. The number of hydrogen-bond donors (Lipinski definition) is 0. The summed E-state index contributed by atoms with van der Waals surface area (Å²) >= 11 is 0. The molecule has 0 saturated heterocycles. The Morgan fingerprint density at radius 2 is 2.29 bits per heavy atom. The van der Waals surface area contributed by atoms with E-state index in [4.69, 9.17) is 0 Å². The van der Waals surface area contributed by atoms with Crippen molar-refractivity contribution in [2.24, 2.45) is 0 Å². The summed E-state index contributed by atoms with van der Waals surface area (Å²) in [5.41, 5.74) is 3.32. The summed E-state index contributed by atoms with van der Waals surface area (Å²) in [5.74, 6) is 0. The zero-order valence-corrected chi connectivity index (χ0v) is 4.34. The van der Waals surface area contributed by atoms with Crippen LogP contribution in [-0.4, -0.2) is 12.5 Å². The van der Waals surface area contributed by atoms with Gasteiger partial charge in [-0.15, -0.1) is 0 Å². The van der Waals surface area contributed by atoms with Crippen LogP contribution in [0.5, 0.6) is 0 Å². The van der Waals surface area contributed by atoms with E-state index in [-0.39, 0.29) is 6.04 Å². The highest BCUT2D eigenvalue weighted by molar-refractivity contribution is 5.37. The Morgan fingerprint density at radius 1 is 1.71 bits per heavy atom. The van der Waals surface area contributed by atoms with Crippen LogP contribution in [0.2, 0.25) is 0 Å². The summed E-state index contributed by atoms with van der Waals surface area (Å²) in [5, 5.41) is 0. The monoisotopic (exact) mass is 101 g/mol. The molecule has 0 aromatic heterocycles. The van der Waals surface area contributed by atoms with Gasteiger partial charge in [0.15, 0.2) is 0 Å². The van der Waals surface area contributed by atoms with E-state index in [2.05, 4.69) is 10.3 Å². The SMILES string of the molecule is CC(C)[N]O[C]=O. The van der Waals surface area contributed by atoms with Gasteiger partial charge in [-0.2, -0.15) is 0 Å². The molecule has 0 aliphatic heterocycles. The van der Waals surface area contributed by atoms with Crippen molar-refractivity contribution in [3.63, 3.8) is 0 Å². The normalized spacial score (nSPS) is 9.00. The average Bonchev–Trinajstić information content (AvgIpc) is 1.61. The van der Waals surface area contributed by atoms with Crippen LogP contribution in [0.3, 0.4) is 0 Å². The summed E-state index contributed by atoms with van der Waals surface area (Å²) in [4.78, 5) is 13.2. The molecule has 0 aromatic rings. The fourth-order valence-corrected chi connectivity index (χ4v) is 0.127. The van der Waals surface area contributed by atoms with Gasteiger partial charge in [-0.1, -0.05) is 0 Å². The smallest absolute Gasteiger partial charge is 0.340 e. The molecule has 7 heavy (non-hydrogen) atoms. The Labute approximate surface area is 42.6 Å². The van der Waals surface area contributed by atoms with Crippen molar-refractivity contribution in [1.29, 1.82) is 0 Å². The lowest BCUT2D eigenvalue weighted by molar-refractivity contribution is 0.134. The molecule has 0 atom stereocenters. The van der Waals surface area contributed by atoms with Gasteiger partial charge in [-0.25, -0.2) is 4.79 Å². The summed E-state index contributed by atoms with van der Waals surface area (Å²) in [6.07, 6.45) is 0. The molecule has 2 radical (unpaired) electrons. The first-order valence-electron chi connectivity index (χ1n) is 2.00. The van der Waals surface area contributed by atoms with Crippen LogP contribution in [0.1, 0.15) is 13.8 Å². The van der Waals surface area contributed by atoms with Crippen molar-refractivity contribution in [2.75, 3.05) is 0 Å². The second kappa shape index (κ2) is 3.61. The van der Waals surface area contributed by atoms with Gasteiger partial charge in [0.2, 0.25) is 0 Å². The van der Waals surface area contributed by atoms with Crippen LogP contribution in [0.25, 0.3) is 0 Å². The van der Waals surface area contributed by atoms with Gasteiger partial charge in [0.05, 0.1) is 6.04 Å². The Balaban J connectivity index is 2.81. The number of nitrogens with zero attached hydrogens (tertiary/aromatic N) is 1. The zero-order valence-electron chi connectivity index (χ0n) is 4.34. The molecule has 0 aromatic carbocycles. The molecule has 0 aliphatic rings. The first kappa shape index (κ1) is 6.43. The molecule has 0 spiro atoms. The first-order valence-corrected chi connectivity index (χ1v) is 2.00. The third kappa shape index (κ3) is 5.43. The van der Waals surface area contributed by atoms with Gasteiger partial charge >= 0.3 is 6.47 Å². The maximum Gasteiger partial charge on any atom is 0.439 e. The largest absolute Gasteiger partial charge is 0.439 e. The highest BCUT2D eigenvalue weighted by atomic mass is 16.7. The summed E-state index contributed by atoms with van der Waals surface area (Å²) in [6.45, 7) is 4.79. The standard InChI is InChI=1S/C4H7NO2/c1-4(2)5-7-3-6/h4H,1-2H3. The summed E-state index contributed by atoms with van der Waals surface area (Å²) in [7, 11) is 0. The van der Waals surface area contributed by atoms with Gasteiger partial charge in [0.1, 0.15) is 0 Å². The molecule has 3 heteroatoms. The lowest BCUT2D eigenvalue weighted by atomic mass is 10.4. The van der Waals surface area contributed by atoms with Crippen molar-refractivity contribution in [1.82, 2.24) is 5.48 Å². The molecular weight excluding hydrogens is 94.0 g/mol. The molecule has 0 bridgehead atoms. The van der Waals surface area contributed by atoms with E-state index in [1.807, 2.05) is 0 Å². The third-order valence-electron chi connectivity index (χ3n) is 0.301. The van der Waals surface area contributed by atoms with Gasteiger partial charge in [-0.05, 0) is 19.3 Å². The number of hydroxylamine groups is 1. The van der Waals surface area contributed by atoms with Gasteiger partial charge in [-0.3, -0.25) is 0 Å². The molecule has 0 heterocycles. The Kier molecular flexibility index (Phi) is 3.32. The quantitative estimate of drug-likeness (QED) is 0.469. The predicted octanol–water partition coefficient (Wildman–Crippen LogP) is -0.00200. The fraction of sp³-hybridized carbons (Fsp3) is 0.750. The van der Waals surface area contributed by atoms with Gasteiger partial charge in [0.25, 0.3) is 0 Å². The van der Waals surface area contributed by atoms with Crippen molar-refractivity contribution in [3.8, 4) is 0 Å². The molecule has 0 amide bonds. The minimum Gasteiger partial charge on any atom is -0.340 e. The summed E-state index contributed by atoms with van der Waals surface area (Å²) in [6, 6.07) is 0.0430. The van der Waals surface area contributed by atoms with Crippen LogP contribution in [0.15, 0.2) is 0 Å². The van der Waals surface area contributed by atoms with E-state index < -0.39 is 0 Å².